The minimum absolute atomic E-state index is 0.0278. The number of ether oxygens (including phenoxy) is 1. The van der Waals surface area contributed by atoms with E-state index in [0.717, 1.165) is 5.56 Å². The molecule has 184 valence electrons. The van der Waals surface area contributed by atoms with E-state index in [0.29, 0.717) is 38.1 Å². The van der Waals surface area contributed by atoms with E-state index in [9.17, 15) is 14.4 Å². The Morgan fingerprint density at radius 3 is 2.33 bits per heavy atom. The summed E-state index contributed by atoms with van der Waals surface area (Å²) in [6.45, 7) is 1.81. The summed E-state index contributed by atoms with van der Waals surface area (Å²) in [5, 5.41) is 6.85. The molecule has 3 N–H and O–H groups in total. The second-order valence-electron chi connectivity index (χ2n) is 7.70. The number of anilines is 2. The predicted molar refractivity (Wildman–Crippen MR) is 142 cm³/mol. The highest BCUT2D eigenvalue weighted by molar-refractivity contribution is 6.43. The van der Waals surface area contributed by atoms with Crippen LogP contribution in [-0.2, 0) is 9.59 Å². The summed E-state index contributed by atoms with van der Waals surface area (Å²) in [5.74, 6) is -2.20. The molecule has 0 aliphatic heterocycles. The molecule has 3 amide bonds. The SMILES string of the molecule is COc1cccc2cc(C(=O)Nc3ccc(Cl)cc3Cl)n(NC(=O)C(=O)Nc3ccc(C)c(Cl)c3)c12. The molecule has 0 spiro atoms. The van der Waals surface area contributed by atoms with E-state index in [-0.39, 0.29) is 10.7 Å². The Morgan fingerprint density at radius 2 is 1.64 bits per heavy atom. The van der Waals surface area contributed by atoms with E-state index in [2.05, 4.69) is 16.1 Å². The molecule has 3 aromatic carbocycles. The van der Waals surface area contributed by atoms with Crippen molar-refractivity contribution in [3.8, 4) is 5.75 Å². The zero-order chi connectivity index (χ0) is 26.0. The zero-order valence-corrected chi connectivity index (χ0v) is 21.3. The van der Waals surface area contributed by atoms with Gasteiger partial charge in [0.1, 0.15) is 17.0 Å². The highest BCUT2D eigenvalue weighted by Gasteiger charge is 2.23. The number of hydrogen-bond acceptors (Lipinski definition) is 4. The molecule has 0 bridgehead atoms. The Hall–Kier alpha value is -3.72. The Morgan fingerprint density at radius 1 is 0.861 bits per heavy atom. The van der Waals surface area contributed by atoms with Gasteiger partial charge in [-0.2, -0.15) is 0 Å². The van der Waals surface area contributed by atoms with E-state index < -0.39 is 17.7 Å². The van der Waals surface area contributed by atoms with Crippen LogP contribution in [0.15, 0.2) is 60.7 Å². The van der Waals surface area contributed by atoms with Gasteiger partial charge >= 0.3 is 11.8 Å². The number of carbonyl (C=O) groups is 3. The summed E-state index contributed by atoms with van der Waals surface area (Å²) in [4.78, 5) is 38.7. The third-order valence-corrected chi connectivity index (χ3v) is 6.22. The fraction of sp³-hybridized carbons (Fsp3) is 0.0800. The van der Waals surface area contributed by atoms with Crippen LogP contribution >= 0.6 is 34.8 Å². The maximum Gasteiger partial charge on any atom is 0.328 e. The van der Waals surface area contributed by atoms with E-state index in [1.165, 1.54) is 23.9 Å². The summed E-state index contributed by atoms with van der Waals surface area (Å²) in [5.41, 5.74) is 4.37. The Balaban J connectivity index is 1.67. The van der Waals surface area contributed by atoms with Crippen LogP contribution < -0.4 is 20.8 Å². The van der Waals surface area contributed by atoms with E-state index >= 15 is 0 Å². The highest BCUT2D eigenvalue weighted by Crippen LogP contribution is 2.30. The monoisotopic (exact) mass is 544 g/mol. The van der Waals surface area contributed by atoms with Gasteiger partial charge in [0, 0.05) is 21.1 Å². The second-order valence-corrected chi connectivity index (χ2v) is 8.95. The maximum atomic E-state index is 13.2. The molecule has 8 nitrogen and oxygen atoms in total. The number of nitrogens with one attached hydrogen (secondary N) is 3. The average molecular weight is 546 g/mol. The van der Waals surface area contributed by atoms with Gasteiger partial charge in [-0.3, -0.25) is 19.8 Å². The van der Waals surface area contributed by atoms with Crippen LogP contribution in [0.3, 0.4) is 0 Å². The van der Waals surface area contributed by atoms with Crippen LogP contribution in [-0.4, -0.2) is 29.5 Å². The van der Waals surface area contributed by atoms with Gasteiger partial charge in [-0.15, -0.1) is 0 Å². The van der Waals surface area contributed by atoms with Gasteiger partial charge in [-0.25, -0.2) is 4.68 Å². The molecule has 0 saturated carbocycles. The molecular formula is C25H19Cl3N4O4. The summed E-state index contributed by atoms with van der Waals surface area (Å²) >= 11 is 18.2. The number of aryl methyl sites for hydroxylation is 1. The van der Waals surface area contributed by atoms with Crippen LogP contribution in [0.2, 0.25) is 15.1 Å². The molecule has 11 heteroatoms. The lowest BCUT2D eigenvalue weighted by Gasteiger charge is -2.14. The molecule has 0 atom stereocenters. The van der Waals surface area contributed by atoms with Gasteiger partial charge < -0.3 is 15.4 Å². The van der Waals surface area contributed by atoms with Gasteiger partial charge in [-0.05, 0) is 55.0 Å². The first-order chi connectivity index (χ1) is 17.2. The Labute approximate surface area is 221 Å². The number of rotatable bonds is 5. The summed E-state index contributed by atoms with van der Waals surface area (Å²) in [7, 11) is 1.45. The summed E-state index contributed by atoms with van der Waals surface area (Å²) < 4.78 is 6.61. The summed E-state index contributed by atoms with van der Waals surface area (Å²) in [6, 6.07) is 16.2. The number of halogens is 3. The molecule has 0 saturated heterocycles. The van der Waals surface area contributed by atoms with Crippen molar-refractivity contribution in [2.45, 2.75) is 6.92 Å². The Bertz CT molecular complexity index is 1520. The topological polar surface area (TPSA) is 101 Å². The van der Waals surface area contributed by atoms with Crippen molar-refractivity contribution >= 4 is 74.8 Å². The Kier molecular flexibility index (Phi) is 7.40. The molecule has 0 unspecified atom stereocenters. The lowest BCUT2D eigenvalue weighted by Crippen LogP contribution is -2.36. The smallest absolute Gasteiger partial charge is 0.328 e. The van der Waals surface area contributed by atoms with Crippen molar-refractivity contribution in [3.05, 3.63) is 87.0 Å². The lowest BCUT2D eigenvalue weighted by molar-refractivity contribution is -0.133. The standard InChI is InChI=1S/C25H19Cl3N4O4/c1-13-6-8-16(12-17(13)27)29-24(34)25(35)31-32-20(10-14-4-3-5-21(36-2)22(14)32)23(33)30-19-9-7-15(26)11-18(19)28/h3-12H,1-2H3,(H,29,34)(H,30,33)(H,31,35). The number of methoxy groups -OCH3 is 1. The minimum atomic E-state index is -1.02. The van der Waals surface area contributed by atoms with Crippen LogP contribution in [0.1, 0.15) is 16.1 Å². The van der Waals surface area contributed by atoms with Crippen LogP contribution in [0.25, 0.3) is 10.9 Å². The molecule has 0 aliphatic rings. The fourth-order valence-corrected chi connectivity index (χ4v) is 4.10. The number of fused-ring (bicyclic) bond motifs is 1. The molecule has 1 aromatic heterocycles. The van der Waals surface area contributed by atoms with Gasteiger partial charge in [0.15, 0.2) is 0 Å². The first-order valence-corrected chi connectivity index (χ1v) is 11.6. The molecule has 1 heterocycles. The van der Waals surface area contributed by atoms with Crippen LogP contribution in [0.4, 0.5) is 11.4 Å². The largest absolute Gasteiger partial charge is 0.494 e. The highest BCUT2D eigenvalue weighted by atomic mass is 35.5. The van der Waals surface area contributed by atoms with Crippen molar-refractivity contribution in [3.63, 3.8) is 0 Å². The van der Waals surface area contributed by atoms with E-state index in [4.69, 9.17) is 39.5 Å². The van der Waals surface area contributed by atoms with Crippen molar-refractivity contribution in [1.29, 1.82) is 0 Å². The van der Waals surface area contributed by atoms with Crippen molar-refractivity contribution in [1.82, 2.24) is 4.68 Å². The van der Waals surface area contributed by atoms with Gasteiger partial charge in [0.2, 0.25) is 0 Å². The average Bonchev–Trinajstić information content (AvgIpc) is 3.21. The first kappa shape index (κ1) is 25.4. The third kappa shape index (κ3) is 5.26. The third-order valence-electron chi connectivity index (χ3n) is 5.27. The molecule has 36 heavy (non-hydrogen) atoms. The predicted octanol–water partition coefficient (Wildman–Crippen LogP) is 5.88. The van der Waals surface area contributed by atoms with Crippen LogP contribution in [0.5, 0.6) is 5.75 Å². The summed E-state index contributed by atoms with van der Waals surface area (Å²) in [6.07, 6.45) is 0. The van der Waals surface area contributed by atoms with Gasteiger partial charge in [-0.1, -0.05) is 53.0 Å². The number of amides is 3. The van der Waals surface area contributed by atoms with Crippen molar-refractivity contribution in [2.75, 3.05) is 23.2 Å². The minimum Gasteiger partial charge on any atom is -0.494 e. The first-order valence-electron chi connectivity index (χ1n) is 10.5. The van der Waals surface area contributed by atoms with Gasteiger partial charge in [0.25, 0.3) is 5.91 Å². The van der Waals surface area contributed by atoms with Crippen molar-refractivity contribution < 1.29 is 19.1 Å². The van der Waals surface area contributed by atoms with Crippen LogP contribution in [0, 0.1) is 6.92 Å². The molecule has 4 aromatic rings. The number of para-hydroxylation sites is 1. The number of benzene rings is 3. The van der Waals surface area contributed by atoms with Gasteiger partial charge in [0.05, 0.1) is 17.8 Å². The quantitative estimate of drug-likeness (QED) is 0.273. The normalized spacial score (nSPS) is 10.7. The molecule has 0 fully saturated rings. The zero-order valence-electron chi connectivity index (χ0n) is 19.0. The number of nitrogens with zero attached hydrogens (tertiary/aromatic N) is 1. The molecule has 4 rings (SSSR count). The molecular weight excluding hydrogens is 527 g/mol. The van der Waals surface area contributed by atoms with Crippen molar-refractivity contribution in [2.24, 2.45) is 0 Å². The van der Waals surface area contributed by atoms with E-state index in [1.807, 2.05) is 6.92 Å². The van der Waals surface area contributed by atoms with E-state index in [1.54, 1.807) is 48.5 Å². The second kappa shape index (κ2) is 10.5. The lowest BCUT2D eigenvalue weighted by atomic mass is 10.2. The fourth-order valence-electron chi connectivity index (χ4n) is 3.46. The number of aromatic nitrogens is 1. The maximum absolute atomic E-state index is 13.2. The molecule has 0 radical (unpaired) electrons. The molecule has 0 aliphatic carbocycles. The number of hydrogen-bond donors (Lipinski definition) is 3. The number of carbonyl (C=O) groups excluding carboxylic acids is 3.